The first-order valence-electron chi connectivity index (χ1n) is 15.1. The van der Waals surface area contributed by atoms with Crippen LogP contribution in [-0.2, 0) is 35.3 Å². The van der Waals surface area contributed by atoms with Crippen molar-refractivity contribution in [2.45, 2.75) is 38.5 Å². The average Bonchev–Trinajstić information content (AvgIpc) is 3.54. The minimum absolute atomic E-state index is 0.00992. The van der Waals surface area contributed by atoms with Gasteiger partial charge in [0.25, 0.3) is 0 Å². The van der Waals surface area contributed by atoms with E-state index in [2.05, 4.69) is 20.1 Å². The fourth-order valence-electron chi connectivity index (χ4n) is 5.12. The van der Waals surface area contributed by atoms with Gasteiger partial charge >= 0.3 is 6.36 Å². The van der Waals surface area contributed by atoms with Gasteiger partial charge in [0.2, 0.25) is 15.8 Å². The Morgan fingerprint density at radius 2 is 1.35 bits per heavy atom. The molecule has 0 spiro atoms. The summed E-state index contributed by atoms with van der Waals surface area (Å²) in [5.74, 6) is -2.31. The van der Waals surface area contributed by atoms with Crippen LogP contribution in [0.3, 0.4) is 0 Å². The highest BCUT2D eigenvalue weighted by Gasteiger charge is 2.35. The molecule has 17 heteroatoms. The number of benzene rings is 4. The highest BCUT2D eigenvalue weighted by molar-refractivity contribution is 7.89. The predicted molar refractivity (Wildman–Crippen MR) is 174 cm³/mol. The average molecular weight is 734 g/mol. The molecule has 0 fully saturated rings. The number of aliphatic hydroxyl groups is 1. The van der Waals surface area contributed by atoms with Crippen LogP contribution in [0.4, 0.5) is 22.0 Å². The zero-order valence-corrected chi connectivity index (χ0v) is 28.3. The van der Waals surface area contributed by atoms with Crippen LogP contribution in [0.25, 0.3) is 11.4 Å². The van der Waals surface area contributed by atoms with Gasteiger partial charge in [-0.1, -0.05) is 30.3 Å². The summed E-state index contributed by atoms with van der Waals surface area (Å²) < 4.78 is 111. The Balaban J connectivity index is 1.39. The number of nitrogens with zero attached hydrogens (tertiary/aromatic N) is 5. The van der Waals surface area contributed by atoms with Crippen molar-refractivity contribution in [3.05, 3.63) is 119 Å². The molecule has 5 rings (SSSR count). The molecule has 0 aliphatic heterocycles. The van der Waals surface area contributed by atoms with Crippen molar-refractivity contribution >= 4 is 10.0 Å². The summed E-state index contributed by atoms with van der Waals surface area (Å²) in [5, 5.41) is 23.1. The van der Waals surface area contributed by atoms with E-state index < -0.39 is 51.7 Å². The molecule has 5 aromatic rings. The topological polar surface area (TPSA) is 129 Å². The van der Waals surface area contributed by atoms with E-state index in [0.29, 0.717) is 22.6 Å². The summed E-state index contributed by atoms with van der Waals surface area (Å²) in [5.41, 5.74) is -1.26. The van der Waals surface area contributed by atoms with E-state index >= 15 is 4.39 Å². The number of ether oxygens (including phenoxy) is 3. The molecule has 1 N–H and O–H groups in total. The zero-order valence-electron chi connectivity index (χ0n) is 27.4. The second-order valence-electron chi connectivity index (χ2n) is 11.6. The maximum Gasteiger partial charge on any atom is 0.573 e. The summed E-state index contributed by atoms with van der Waals surface area (Å²) in [7, 11) is -1.21. The lowest BCUT2D eigenvalue weighted by molar-refractivity contribution is -0.274. The summed E-state index contributed by atoms with van der Waals surface area (Å²) in [6.07, 6.45) is -5.00. The molecule has 0 bridgehead atoms. The lowest BCUT2D eigenvalue weighted by atomic mass is 9.96. The van der Waals surface area contributed by atoms with E-state index in [4.69, 9.17) is 9.47 Å². The Morgan fingerprint density at radius 1 is 0.804 bits per heavy atom. The van der Waals surface area contributed by atoms with Gasteiger partial charge in [-0.05, 0) is 83.4 Å². The number of rotatable bonds is 14. The Bertz CT molecular complexity index is 2030. The van der Waals surface area contributed by atoms with Crippen LogP contribution in [-0.4, -0.2) is 64.4 Å². The highest BCUT2D eigenvalue weighted by atomic mass is 32.2. The Morgan fingerprint density at radius 3 is 1.90 bits per heavy atom. The number of tetrazole rings is 1. The van der Waals surface area contributed by atoms with E-state index in [1.165, 1.54) is 37.6 Å². The van der Waals surface area contributed by atoms with Crippen molar-refractivity contribution in [2.75, 3.05) is 20.0 Å². The van der Waals surface area contributed by atoms with Crippen LogP contribution in [0, 0.1) is 11.6 Å². The molecule has 0 radical (unpaired) electrons. The molecule has 0 amide bonds. The van der Waals surface area contributed by atoms with Gasteiger partial charge in [0.15, 0.2) is 0 Å². The van der Waals surface area contributed by atoms with Crippen molar-refractivity contribution in [1.29, 1.82) is 0 Å². The van der Waals surface area contributed by atoms with Crippen molar-refractivity contribution in [3.63, 3.8) is 0 Å². The van der Waals surface area contributed by atoms with Crippen LogP contribution in [0.2, 0.25) is 0 Å². The Labute approximate surface area is 289 Å². The molecule has 1 unspecified atom stereocenters. The molecule has 270 valence electrons. The van der Waals surface area contributed by atoms with Gasteiger partial charge in [-0.2, -0.15) is 9.10 Å². The summed E-state index contributed by atoms with van der Waals surface area (Å²) in [6.45, 7) is 0.705. The quantitative estimate of drug-likeness (QED) is 0.140. The third-order valence-electron chi connectivity index (χ3n) is 7.74. The molecule has 0 saturated heterocycles. The van der Waals surface area contributed by atoms with Gasteiger partial charge in [0, 0.05) is 18.7 Å². The molecular formula is C34H32F5N5O6S. The SMILES string of the molecule is COc1ccc(CN(Cc2ccc(OC)cc2)S(=O)(=O)CC(C)(O)c2ccc(F)c(-c3nnn(Cc4cc(OC(F)(F)F)ccc4F)n3)c2)cc1. The molecule has 11 nitrogen and oxygen atoms in total. The van der Waals surface area contributed by atoms with E-state index in [1.807, 2.05) is 0 Å². The lowest BCUT2D eigenvalue weighted by Crippen LogP contribution is -2.40. The smallest absolute Gasteiger partial charge is 0.497 e. The van der Waals surface area contributed by atoms with Gasteiger partial charge < -0.3 is 19.3 Å². The zero-order chi connectivity index (χ0) is 37.0. The van der Waals surface area contributed by atoms with Gasteiger partial charge in [0.1, 0.15) is 34.5 Å². The minimum Gasteiger partial charge on any atom is -0.497 e. The minimum atomic E-state index is -5.00. The number of methoxy groups -OCH3 is 2. The second kappa shape index (κ2) is 15.0. The number of hydrogen-bond acceptors (Lipinski definition) is 9. The molecule has 51 heavy (non-hydrogen) atoms. The summed E-state index contributed by atoms with van der Waals surface area (Å²) in [4.78, 5) is 0.829. The monoisotopic (exact) mass is 733 g/mol. The van der Waals surface area contributed by atoms with Crippen molar-refractivity contribution < 1.29 is 49.7 Å². The molecule has 0 saturated carbocycles. The number of aromatic nitrogens is 4. The number of hydrogen-bond donors (Lipinski definition) is 1. The third kappa shape index (κ3) is 9.56. The van der Waals surface area contributed by atoms with Crippen LogP contribution in [0.5, 0.6) is 17.2 Å². The fraction of sp³-hybridized carbons (Fsp3) is 0.265. The summed E-state index contributed by atoms with van der Waals surface area (Å²) in [6, 6.07) is 19.5. The van der Waals surface area contributed by atoms with E-state index in [1.54, 1.807) is 48.5 Å². The first-order chi connectivity index (χ1) is 24.0. The summed E-state index contributed by atoms with van der Waals surface area (Å²) >= 11 is 0. The molecule has 4 aromatic carbocycles. The van der Waals surface area contributed by atoms with Crippen molar-refractivity contribution in [3.8, 4) is 28.6 Å². The number of sulfonamides is 1. The van der Waals surface area contributed by atoms with E-state index in [0.717, 1.165) is 29.1 Å². The number of halogens is 5. The van der Waals surface area contributed by atoms with Gasteiger partial charge in [-0.3, -0.25) is 0 Å². The maximum absolute atomic E-state index is 15.1. The van der Waals surface area contributed by atoms with Gasteiger partial charge in [0.05, 0.1) is 32.1 Å². The first kappa shape index (κ1) is 37.1. The second-order valence-corrected chi connectivity index (χ2v) is 13.6. The normalized spacial score (nSPS) is 13.2. The molecule has 1 atom stereocenters. The predicted octanol–water partition coefficient (Wildman–Crippen LogP) is 5.82. The first-order valence-corrected chi connectivity index (χ1v) is 16.7. The lowest BCUT2D eigenvalue weighted by Gasteiger charge is -2.29. The van der Waals surface area contributed by atoms with E-state index in [-0.39, 0.29) is 35.6 Å². The van der Waals surface area contributed by atoms with Crippen LogP contribution in [0.1, 0.15) is 29.2 Å². The van der Waals surface area contributed by atoms with Crippen molar-refractivity contribution in [2.24, 2.45) is 0 Å². The molecule has 1 aromatic heterocycles. The Kier molecular flexibility index (Phi) is 10.9. The van der Waals surface area contributed by atoms with Crippen molar-refractivity contribution in [1.82, 2.24) is 24.5 Å². The highest BCUT2D eigenvalue weighted by Crippen LogP contribution is 2.31. The standard InChI is InChI=1S/C34H32F5N5O6S/c1-33(45,21-51(46,47)43(18-22-4-9-26(48-2)10-5-22)19-23-6-11-27(49-3)12-7-23)25-8-14-31(36)29(17-25)32-40-42-44(41-32)20-24-16-28(13-15-30(24)35)50-34(37,38)39/h4-17,45H,18-21H2,1-3H3. The molecule has 1 heterocycles. The van der Waals surface area contributed by atoms with E-state index in [9.17, 15) is 31.1 Å². The van der Waals surface area contributed by atoms with Crippen LogP contribution < -0.4 is 14.2 Å². The Hall–Kier alpha value is -5.13. The fourth-order valence-corrected chi connectivity index (χ4v) is 6.87. The third-order valence-corrected chi connectivity index (χ3v) is 9.71. The van der Waals surface area contributed by atoms with Crippen LogP contribution >= 0.6 is 0 Å². The largest absolute Gasteiger partial charge is 0.573 e. The maximum atomic E-state index is 15.1. The number of alkyl halides is 3. The van der Waals surface area contributed by atoms with Crippen LogP contribution in [0.15, 0.2) is 84.9 Å². The molecule has 0 aliphatic rings. The molecule has 0 aliphatic carbocycles. The molecular weight excluding hydrogens is 701 g/mol. The van der Waals surface area contributed by atoms with Gasteiger partial charge in [-0.25, -0.2) is 17.2 Å². The van der Waals surface area contributed by atoms with Gasteiger partial charge in [-0.15, -0.1) is 23.4 Å².